The number of fused-ring (bicyclic) bond motifs is 3. The Morgan fingerprint density at radius 1 is 0.585 bits per heavy atom. The van der Waals surface area contributed by atoms with Crippen molar-refractivity contribution < 1.29 is 0 Å². The summed E-state index contributed by atoms with van der Waals surface area (Å²) in [5.41, 5.74) is 3.75. The highest BCUT2D eigenvalue weighted by Crippen LogP contribution is 2.53. The normalized spacial score (nSPS) is 13.3. The highest BCUT2D eigenvalue weighted by atomic mass is 16.2. The maximum absolute atomic E-state index is 14.2. The lowest BCUT2D eigenvalue weighted by molar-refractivity contribution is 0.510. The first kappa shape index (κ1) is 22.6. The number of hydrogen-bond donors (Lipinski definition) is 0. The minimum absolute atomic E-state index is 0.196. The van der Waals surface area contributed by atoms with Gasteiger partial charge in [0.2, 0.25) is 0 Å². The predicted octanol–water partition coefficient (Wildman–Crippen LogP) is 7.97. The van der Waals surface area contributed by atoms with Crippen molar-refractivity contribution in [2.24, 2.45) is 0 Å². The Hall–Kier alpha value is -5.16. The van der Waals surface area contributed by atoms with E-state index in [1.807, 2.05) is 38.1 Å². The van der Waals surface area contributed by atoms with Crippen molar-refractivity contribution >= 4 is 64.6 Å². The van der Waals surface area contributed by atoms with E-state index in [4.69, 9.17) is 0 Å². The molecule has 0 radical (unpaired) electrons. The van der Waals surface area contributed by atoms with E-state index in [1.54, 1.807) is 24.8 Å². The van der Waals surface area contributed by atoms with Gasteiger partial charge in [-0.3, -0.25) is 24.1 Å². The molecule has 3 aromatic heterocycles. The first-order valence-electron chi connectivity index (χ1n) is 14.1. The topological polar surface area (TPSA) is 64.8 Å². The van der Waals surface area contributed by atoms with Crippen LogP contribution in [0.15, 0.2) is 95.0 Å². The van der Waals surface area contributed by atoms with Gasteiger partial charge in [0.1, 0.15) is 0 Å². The largest absolute Gasteiger partial charge is 0.271 e. The lowest BCUT2D eigenvalue weighted by atomic mass is 9.89. The van der Waals surface area contributed by atoms with Gasteiger partial charge in [-0.1, -0.05) is 31.2 Å². The molecule has 0 fully saturated rings. The number of pyridine rings is 2. The van der Waals surface area contributed by atoms with Crippen LogP contribution >= 0.6 is 0 Å². The minimum atomic E-state index is -0.199. The Morgan fingerprint density at radius 3 is 1.46 bits per heavy atom. The second kappa shape index (κ2) is 7.73. The molecule has 5 nitrogen and oxygen atoms in total. The van der Waals surface area contributed by atoms with E-state index in [0.29, 0.717) is 17.2 Å². The van der Waals surface area contributed by atoms with Crippen molar-refractivity contribution in [1.82, 2.24) is 14.5 Å². The molecule has 5 heteroatoms. The third-order valence-electron chi connectivity index (χ3n) is 9.30. The molecule has 9 aromatic rings. The first-order chi connectivity index (χ1) is 20.1. The summed E-state index contributed by atoms with van der Waals surface area (Å²) in [6, 6.07) is 20.9. The fourth-order valence-electron chi connectivity index (χ4n) is 7.33. The van der Waals surface area contributed by atoms with Gasteiger partial charge in [-0.15, -0.1) is 0 Å². The summed E-state index contributed by atoms with van der Waals surface area (Å²) in [6.07, 6.45) is 7.89. The van der Waals surface area contributed by atoms with E-state index >= 15 is 0 Å². The minimum Gasteiger partial charge on any atom is -0.271 e. The summed E-state index contributed by atoms with van der Waals surface area (Å²) < 4.78 is 1.48. The molecule has 194 valence electrons. The molecule has 0 bridgehead atoms. The van der Waals surface area contributed by atoms with Crippen LogP contribution in [0, 0.1) is 0 Å². The van der Waals surface area contributed by atoms with E-state index in [-0.39, 0.29) is 17.2 Å². The highest BCUT2D eigenvalue weighted by Gasteiger charge is 2.29. The van der Waals surface area contributed by atoms with Crippen molar-refractivity contribution in [3.63, 3.8) is 0 Å². The number of rotatable bonds is 4. The standard InChI is InChI=1S/C36H23N3O2/c1-3-18(2)39-35(40)33-26-16-24(19-8-12-37-13-9-19)22-6-4-21-5-7-23-25(20-10-14-38-15-11-20)17-27(34(33)36(39)41)32-30(23)28(21)29(22)31(26)32/h4-18H,3H2,1-2H3. The van der Waals surface area contributed by atoms with Gasteiger partial charge in [-0.05, 0) is 126 Å². The van der Waals surface area contributed by atoms with Crippen LogP contribution in [-0.2, 0) is 0 Å². The number of benzene rings is 5. The van der Waals surface area contributed by atoms with Crippen molar-refractivity contribution in [3.8, 4) is 22.3 Å². The molecule has 41 heavy (non-hydrogen) atoms. The Balaban J connectivity index is 1.65. The predicted molar refractivity (Wildman–Crippen MR) is 168 cm³/mol. The van der Waals surface area contributed by atoms with Crippen LogP contribution in [0.5, 0.6) is 0 Å². The average molecular weight is 530 g/mol. The summed E-state index contributed by atoms with van der Waals surface area (Å²) in [5.74, 6) is 0. The van der Waals surface area contributed by atoms with Gasteiger partial charge in [0, 0.05) is 30.8 Å². The zero-order valence-corrected chi connectivity index (χ0v) is 22.5. The van der Waals surface area contributed by atoms with Crippen molar-refractivity contribution in [3.05, 3.63) is 106 Å². The molecule has 6 aromatic carbocycles. The fraction of sp³-hybridized carbons (Fsp3) is 0.111. The van der Waals surface area contributed by atoms with E-state index in [1.165, 1.54) is 9.95 Å². The van der Waals surface area contributed by atoms with Gasteiger partial charge in [0.25, 0.3) is 11.1 Å². The molecule has 1 atom stereocenters. The summed E-state index contributed by atoms with van der Waals surface area (Å²) in [6.45, 7) is 3.97. The van der Waals surface area contributed by atoms with Crippen molar-refractivity contribution in [2.75, 3.05) is 0 Å². The molecule has 0 aliphatic rings. The summed E-state index contributed by atoms with van der Waals surface area (Å²) in [5, 5.41) is 11.9. The average Bonchev–Trinajstić information content (AvgIpc) is 3.52. The lowest BCUT2D eigenvalue weighted by Gasteiger charge is -2.12. The molecule has 0 aliphatic heterocycles. The molecule has 0 amide bonds. The fourth-order valence-corrected chi connectivity index (χ4v) is 7.33. The van der Waals surface area contributed by atoms with E-state index in [2.05, 4.69) is 46.4 Å². The van der Waals surface area contributed by atoms with Crippen LogP contribution in [0.4, 0.5) is 0 Å². The lowest BCUT2D eigenvalue weighted by Crippen LogP contribution is -2.28. The van der Waals surface area contributed by atoms with Gasteiger partial charge in [0.05, 0.1) is 10.8 Å². The SMILES string of the molecule is CCC(C)n1c(=O)c2c3cc(-c4ccncc4)c4ccc5ccc6c(-c7ccncc7)cc(c2c1=O)c1c6c5c4c31. The third-order valence-corrected chi connectivity index (χ3v) is 9.30. The van der Waals surface area contributed by atoms with Crippen LogP contribution in [0.25, 0.3) is 86.9 Å². The van der Waals surface area contributed by atoms with E-state index in [9.17, 15) is 9.59 Å². The van der Waals surface area contributed by atoms with Gasteiger partial charge in [-0.25, -0.2) is 0 Å². The summed E-state index contributed by atoms with van der Waals surface area (Å²) in [4.78, 5) is 37.0. The van der Waals surface area contributed by atoms with Crippen LogP contribution in [-0.4, -0.2) is 14.5 Å². The Labute approximate surface area is 233 Å². The van der Waals surface area contributed by atoms with Crippen LogP contribution < -0.4 is 11.1 Å². The number of hydrogen-bond acceptors (Lipinski definition) is 4. The van der Waals surface area contributed by atoms with Crippen LogP contribution in [0.1, 0.15) is 26.3 Å². The van der Waals surface area contributed by atoms with Gasteiger partial charge >= 0.3 is 0 Å². The monoisotopic (exact) mass is 529 g/mol. The molecule has 0 aliphatic carbocycles. The van der Waals surface area contributed by atoms with Crippen LogP contribution in [0.2, 0.25) is 0 Å². The first-order valence-corrected chi connectivity index (χ1v) is 14.1. The van der Waals surface area contributed by atoms with E-state index in [0.717, 1.165) is 70.7 Å². The molecule has 9 rings (SSSR count). The van der Waals surface area contributed by atoms with Crippen molar-refractivity contribution in [2.45, 2.75) is 26.3 Å². The zero-order valence-electron chi connectivity index (χ0n) is 22.5. The molecule has 0 saturated carbocycles. The molecule has 1 unspecified atom stereocenters. The Kier molecular flexibility index (Phi) is 4.27. The smallest absolute Gasteiger partial charge is 0.262 e. The maximum atomic E-state index is 14.2. The quantitative estimate of drug-likeness (QED) is 0.217. The molecule has 3 heterocycles. The Bertz CT molecular complexity index is 2380. The van der Waals surface area contributed by atoms with Gasteiger partial charge in [0.15, 0.2) is 0 Å². The molecule has 0 N–H and O–H groups in total. The number of nitrogens with zero attached hydrogens (tertiary/aromatic N) is 3. The van der Waals surface area contributed by atoms with E-state index < -0.39 is 0 Å². The third kappa shape index (κ3) is 2.66. The second-order valence-electron chi connectivity index (χ2n) is 11.2. The maximum Gasteiger partial charge on any atom is 0.262 e. The highest BCUT2D eigenvalue weighted by molar-refractivity contribution is 6.49. The Morgan fingerprint density at radius 2 is 1.02 bits per heavy atom. The molecular formula is C36H23N3O2. The van der Waals surface area contributed by atoms with Gasteiger partial charge in [-0.2, -0.15) is 0 Å². The molecular weight excluding hydrogens is 506 g/mol. The summed E-state index contributed by atoms with van der Waals surface area (Å²) >= 11 is 0. The molecule has 0 spiro atoms. The summed E-state index contributed by atoms with van der Waals surface area (Å²) in [7, 11) is 0. The van der Waals surface area contributed by atoms with Crippen LogP contribution in [0.3, 0.4) is 0 Å². The molecule has 0 saturated heterocycles. The van der Waals surface area contributed by atoms with Gasteiger partial charge < -0.3 is 0 Å². The van der Waals surface area contributed by atoms with Crippen molar-refractivity contribution in [1.29, 1.82) is 0 Å². The number of aromatic nitrogens is 3. The second-order valence-corrected chi connectivity index (χ2v) is 11.2. The zero-order chi connectivity index (χ0) is 27.6.